The summed E-state index contributed by atoms with van der Waals surface area (Å²) >= 11 is 0. The van der Waals surface area contributed by atoms with Crippen LogP contribution in [0.2, 0.25) is 0 Å². The van der Waals surface area contributed by atoms with E-state index in [-0.39, 0.29) is 68.1 Å². The standard InChI is InChI=1S/C20H26O2.C19H30O2.2C16H24O2.C10H20O2.C2H6/c1-7-20(5,6)17-11-10-14-12-16(9-8-15(14)13-17)18(21)22-19(2,3)4;1-5-18(2,3)17(20)21-19(4)10-13-9-14(19)16-12-7-6-11(8-12)15(13)16;1-7-16(5,6)13-10-8-12(9-11-13)14(17)18-15(2,3)4;1-7-16(5,6)13-10-8-9-12(11-13)14(17)18-15(2,3)4;1-7-10(5,6)8(11)12-9(2,3)4;1-2/h8-13H,7H2,1-6H3;11-16H,5-10H2,1-4H3;2*8-11H,7H2,1-6H3;7H2,1-6H3;1-2H3. The second-order valence-corrected chi connectivity index (χ2v) is 34.1. The van der Waals surface area contributed by atoms with Gasteiger partial charge in [0.25, 0.3) is 0 Å². The summed E-state index contributed by atoms with van der Waals surface area (Å²) in [6, 6.07) is 27.7. The van der Waals surface area contributed by atoms with Crippen LogP contribution in [0.5, 0.6) is 0 Å². The molecule has 0 amide bonds. The summed E-state index contributed by atoms with van der Waals surface area (Å²) in [5.74, 6) is 4.46. The zero-order valence-corrected chi connectivity index (χ0v) is 64.2. The van der Waals surface area contributed by atoms with Crippen molar-refractivity contribution >= 4 is 40.6 Å². The molecule has 4 bridgehead atoms. The van der Waals surface area contributed by atoms with E-state index in [1.54, 1.807) is 0 Å². The first-order chi connectivity index (χ1) is 42.5. The lowest BCUT2D eigenvalue weighted by Crippen LogP contribution is -2.47. The van der Waals surface area contributed by atoms with Crippen LogP contribution in [-0.4, -0.2) is 57.9 Å². The zero-order chi connectivity index (χ0) is 71.5. The van der Waals surface area contributed by atoms with Crippen molar-refractivity contribution in [3.8, 4) is 0 Å². The molecule has 93 heavy (non-hydrogen) atoms. The molecule has 0 heterocycles. The second kappa shape index (κ2) is 32.0. The summed E-state index contributed by atoms with van der Waals surface area (Å²) in [5, 5.41) is 2.23. The molecule has 4 aromatic carbocycles. The lowest BCUT2D eigenvalue weighted by atomic mass is 9.66. The zero-order valence-electron chi connectivity index (χ0n) is 64.2. The third-order valence-electron chi connectivity index (χ3n) is 20.1. The summed E-state index contributed by atoms with van der Waals surface area (Å²) in [4.78, 5) is 60.1. The topological polar surface area (TPSA) is 132 Å². The number of carbonyl (C=O) groups is 5. The Morgan fingerprint density at radius 3 is 1.23 bits per heavy atom. The molecule has 522 valence electrons. The SMILES string of the molecule is CC.CCC(C)(C)C(=O)OC(C)(C)C.CCC(C)(C)C(=O)OC1(C)CC2CC1C1C3CCC(C3)C21.CCC(C)(C)c1ccc(C(=O)OC(C)(C)C)cc1.CCC(C)(C)c1ccc2cc(C(=O)OC(C)(C)C)ccc2c1.CCC(C)(C)c1cccc(C(=O)OC(C)(C)C)c1. The molecule has 4 saturated carbocycles. The number of ether oxygens (including phenoxy) is 5. The molecule has 4 aliphatic carbocycles. The number of fused-ring (bicyclic) bond motifs is 10. The third kappa shape index (κ3) is 23.4. The fourth-order valence-corrected chi connectivity index (χ4v) is 12.6. The molecule has 7 atom stereocenters. The normalized spacial score (nSPS) is 20.8. The Morgan fingerprint density at radius 1 is 0.398 bits per heavy atom. The van der Waals surface area contributed by atoms with Crippen LogP contribution in [0.25, 0.3) is 10.8 Å². The van der Waals surface area contributed by atoms with Gasteiger partial charge in [-0.05, 0) is 292 Å². The monoisotopic (exact) mass is 1290 g/mol. The minimum atomic E-state index is -0.471. The van der Waals surface area contributed by atoms with E-state index in [0.717, 1.165) is 78.9 Å². The first-order valence-corrected chi connectivity index (χ1v) is 35.4. The van der Waals surface area contributed by atoms with Gasteiger partial charge in [-0.1, -0.05) is 139 Å². The number of hydrogen-bond acceptors (Lipinski definition) is 10. The predicted molar refractivity (Wildman–Crippen MR) is 386 cm³/mol. The fourth-order valence-electron chi connectivity index (χ4n) is 12.6. The maximum absolute atomic E-state index is 12.6. The van der Waals surface area contributed by atoms with Crippen molar-refractivity contribution in [1.29, 1.82) is 0 Å². The highest BCUT2D eigenvalue weighted by Gasteiger charge is 2.67. The van der Waals surface area contributed by atoms with E-state index < -0.39 is 16.8 Å². The molecular weight excluding hydrogens is 1160 g/mol. The number of benzene rings is 4. The summed E-state index contributed by atoms with van der Waals surface area (Å²) < 4.78 is 27.6. The average molecular weight is 1290 g/mol. The van der Waals surface area contributed by atoms with Crippen molar-refractivity contribution in [2.75, 3.05) is 0 Å². The number of esters is 5. The van der Waals surface area contributed by atoms with Crippen molar-refractivity contribution in [2.45, 2.75) is 316 Å². The van der Waals surface area contributed by atoms with Crippen LogP contribution in [0.1, 0.15) is 320 Å². The summed E-state index contributed by atoms with van der Waals surface area (Å²) in [6.07, 6.45) is 11.7. The third-order valence-corrected chi connectivity index (χ3v) is 20.1. The Balaban J connectivity index is 0.000000305. The van der Waals surface area contributed by atoms with Crippen LogP contribution in [0, 0.1) is 46.3 Å². The maximum atomic E-state index is 12.6. The largest absolute Gasteiger partial charge is 0.460 e. The molecule has 10 heteroatoms. The Labute approximate surface area is 566 Å². The molecule has 7 unspecified atom stereocenters. The van der Waals surface area contributed by atoms with Crippen molar-refractivity contribution in [1.82, 2.24) is 0 Å². The van der Waals surface area contributed by atoms with E-state index in [4.69, 9.17) is 23.7 Å². The van der Waals surface area contributed by atoms with Gasteiger partial charge in [0.15, 0.2) is 0 Å². The molecule has 0 saturated heterocycles. The van der Waals surface area contributed by atoms with Gasteiger partial charge in [0.1, 0.15) is 28.0 Å². The molecular formula is C83H130O10. The summed E-state index contributed by atoms with van der Waals surface area (Å²) in [6.45, 7) is 60.5. The highest BCUT2D eigenvalue weighted by atomic mass is 16.6. The molecule has 10 nitrogen and oxygen atoms in total. The van der Waals surface area contributed by atoms with E-state index in [9.17, 15) is 24.0 Å². The van der Waals surface area contributed by atoms with Crippen molar-refractivity contribution in [2.24, 2.45) is 46.3 Å². The van der Waals surface area contributed by atoms with Crippen LogP contribution >= 0.6 is 0 Å². The van der Waals surface area contributed by atoms with Crippen molar-refractivity contribution in [3.05, 3.63) is 118 Å². The maximum Gasteiger partial charge on any atom is 0.338 e. The Hall–Kier alpha value is -5.51. The fraction of sp³-hybridized carbons (Fsp3) is 0.675. The van der Waals surface area contributed by atoms with Gasteiger partial charge in [0.05, 0.1) is 27.5 Å². The lowest BCUT2D eigenvalue weighted by Gasteiger charge is -2.45. The van der Waals surface area contributed by atoms with Gasteiger partial charge in [0, 0.05) is 5.92 Å². The molecule has 4 aliphatic rings. The quantitative estimate of drug-likeness (QED) is 0.0683. The molecule has 8 rings (SSSR count). The van der Waals surface area contributed by atoms with Gasteiger partial charge in [-0.15, -0.1) is 0 Å². The van der Waals surface area contributed by atoms with E-state index in [1.165, 1.54) is 42.4 Å². The van der Waals surface area contributed by atoms with Crippen LogP contribution in [0.4, 0.5) is 0 Å². The number of carbonyl (C=O) groups excluding carboxylic acids is 5. The Morgan fingerprint density at radius 2 is 0.774 bits per heavy atom. The summed E-state index contributed by atoms with van der Waals surface area (Å²) in [7, 11) is 0. The first-order valence-electron chi connectivity index (χ1n) is 35.4. The number of hydrogen-bond donors (Lipinski definition) is 0. The van der Waals surface area contributed by atoms with Crippen LogP contribution in [-0.2, 0) is 49.5 Å². The second-order valence-electron chi connectivity index (χ2n) is 34.1. The molecule has 0 aliphatic heterocycles. The molecule has 4 aromatic rings. The average Bonchev–Trinajstić information content (AvgIpc) is 1.54. The molecule has 0 spiro atoms. The molecule has 4 fully saturated rings. The lowest BCUT2D eigenvalue weighted by molar-refractivity contribution is -0.179. The molecule has 0 aromatic heterocycles. The van der Waals surface area contributed by atoms with Crippen LogP contribution < -0.4 is 0 Å². The van der Waals surface area contributed by atoms with Crippen molar-refractivity contribution in [3.63, 3.8) is 0 Å². The smallest absolute Gasteiger partial charge is 0.338 e. The van der Waals surface area contributed by atoms with Gasteiger partial charge < -0.3 is 23.7 Å². The Bertz CT molecular complexity index is 3090. The van der Waals surface area contributed by atoms with E-state index in [1.807, 2.05) is 192 Å². The van der Waals surface area contributed by atoms with E-state index in [0.29, 0.717) is 22.6 Å². The van der Waals surface area contributed by atoms with Gasteiger partial charge >= 0.3 is 29.8 Å². The van der Waals surface area contributed by atoms with Gasteiger partial charge in [0.2, 0.25) is 0 Å². The minimum absolute atomic E-state index is 0.0276. The van der Waals surface area contributed by atoms with Crippen LogP contribution in [0.15, 0.2) is 84.9 Å². The highest BCUT2D eigenvalue weighted by molar-refractivity contribution is 5.96. The molecule has 0 N–H and O–H groups in total. The predicted octanol–water partition coefficient (Wildman–Crippen LogP) is 22.4. The van der Waals surface area contributed by atoms with E-state index >= 15 is 0 Å². The Kier molecular flexibility index (Phi) is 28.1. The van der Waals surface area contributed by atoms with Gasteiger partial charge in [-0.3, -0.25) is 9.59 Å². The van der Waals surface area contributed by atoms with Gasteiger partial charge in [-0.2, -0.15) is 0 Å². The molecule has 0 radical (unpaired) electrons. The highest BCUT2D eigenvalue weighted by Crippen LogP contribution is 2.70. The van der Waals surface area contributed by atoms with Gasteiger partial charge in [-0.25, -0.2) is 14.4 Å². The van der Waals surface area contributed by atoms with E-state index in [2.05, 4.69) is 100 Å². The van der Waals surface area contributed by atoms with Crippen LogP contribution in [0.3, 0.4) is 0 Å². The summed E-state index contributed by atoms with van der Waals surface area (Å²) in [5.41, 5.74) is 3.39. The first kappa shape index (κ1) is 81.7. The van der Waals surface area contributed by atoms with Crippen molar-refractivity contribution < 1.29 is 47.7 Å². The number of rotatable bonds is 14. The minimum Gasteiger partial charge on any atom is -0.460 e.